The molecule has 2 aliphatic rings. The number of benzene rings is 1. The lowest BCUT2D eigenvalue weighted by Gasteiger charge is -2.27. The van der Waals surface area contributed by atoms with E-state index in [4.69, 9.17) is 9.47 Å². The number of carbonyl (C=O) groups excluding carboxylic acids is 3. The number of hydrogen-bond acceptors (Lipinski definition) is 5. The van der Waals surface area contributed by atoms with Crippen LogP contribution in [0.1, 0.15) is 51.7 Å². The van der Waals surface area contributed by atoms with Crippen molar-refractivity contribution in [3.8, 4) is 0 Å². The summed E-state index contributed by atoms with van der Waals surface area (Å²) in [4.78, 5) is 38.7. The number of ether oxygens (including phenoxy) is 2. The molecule has 1 N–H and O–H groups in total. The Morgan fingerprint density at radius 1 is 1.29 bits per heavy atom. The van der Waals surface area contributed by atoms with E-state index in [1.807, 2.05) is 52.0 Å². The number of nitrogens with zero attached hydrogens (tertiary/aromatic N) is 1. The summed E-state index contributed by atoms with van der Waals surface area (Å²) in [6.45, 7) is 12.3. The van der Waals surface area contributed by atoms with E-state index in [1.54, 1.807) is 0 Å². The van der Waals surface area contributed by atoms with Crippen LogP contribution in [0.5, 0.6) is 0 Å². The summed E-state index contributed by atoms with van der Waals surface area (Å²) < 4.78 is 10.8. The van der Waals surface area contributed by atoms with Crippen LogP contribution in [0.2, 0.25) is 0 Å². The van der Waals surface area contributed by atoms with Crippen molar-refractivity contribution >= 4 is 23.5 Å². The molecule has 0 saturated carbocycles. The monoisotopic (exact) mass is 428 g/mol. The van der Waals surface area contributed by atoms with Gasteiger partial charge in [-0.05, 0) is 57.7 Å². The van der Waals surface area contributed by atoms with Gasteiger partial charge in [0.05, 0.1) is 36.7 Å². The predicted octanol–water partition coefficient (Wildman–Crippen LogP) is 3.48. The van der Waals surface area contributed by atoms with Crippen molar-refractivity contribution in [1.82, 2.24) is 10.2 Å². The van der Waals surface area contributed by atoms with Crippen LogP contribution in [0.25, 0.3) is 5.57 Å². The molecule has 1 aromatic rings. The number of fused-ring (bicyclic) bond motifs is 1. The lowest BCUT2D eigenvalue weighted by atomic mass is 9.88. The van der Waals surface area contributed by atoms with Crippen LogP contribution >= 0.6 is 0 Å². The Kier molecular flexibility index (Phi) is 6.84. The van der Waals surface area contributed by atoms with Crippen LogP contribution in [0.15, 0.2) is 30.8 Å². The smallest absolute Gasteiger partial charge is 0.407 e. The Morgan fingerprint density at radius 3 is 2.71 bits per heavy atom. The third-order valence-electron chi connectivity index (χ3n) is 6.05. The highest BCUT2D eigenvalue weighted by molar-refractivity contribution is 6.05. The van der Waals surface area contributed by atoms with E-state index in [2.05, 4.69) is 11.9 Å². The van der Waals surface area contributed by atoms with Crippen molar-refractivity contribution in [2.75, 3.05) is 19.8 Å². The third kappa shape index (κ3) is 5.15. The Labute approximate surface area is 183 Å². The largest absolute Gasteiger partial charge is 0.449 e. The van der Waals surface area contributed by atoms with Gasteiger partial charge in [-0.25, -0.2) is 4.79 Å². The van der Waals surface area contributed by atoms with Crippen molar-refractivity contribution in [3.05, 3.63) is 42.0 Å². The summed E-state index contributed by atoms with van der Waals surface area (Å²) in [5.41, 5.74) is 2.28. The Hall–Kier alpha value is -2.67. The van der Waals surface area contributed by atoms with E-state index in [9.17, 15) is 14.4 Å². The highest BCUT2D eigenvalue weighted by Gasteiger charge is 2.49. The molecule has 0 radical (unpaired) electrons. The van der Waals surface area contributed by atoms with E-state index in [1.165, 1.54) is 4.90 Å². The second-order valence-corrected chi connectivity index (χ2v) is 9.02. The minimum atomic E-state index is -0.629. The highest BCUT2D eigenvalue weighted by Crippen LogP contribution is 2.34. The number of allylic oxidation sites excluding steroid dienone is 1. The first-order valence-corrected chi connectivity index (χ1v) is 10.8. The van der Waals surface area contributed by atoms with Gasteiger partial charge in [0, 0.05) is 6.54 Å². The van der Waals surface area contributed by atoms with Crippen LogP contribution in [-0.2, 0) is 24.6 Å². The minimum Gasteiger partial charge on any atom is -0.449 e. The molecule has 2 aliphatic heterocycles. The fourth-order valence-electron chi connectivity index (χ4n) is 4.14. The molecule has 0 bridgehead atoms. The Morgan fingerprint density at radius 2 is 2.00 bits per heavy atom. The molecule has 7 heteroatoms. The second kappa shape index (κ2) is 9.22. The quantitative estimate of drug-likeness (QED) is 0.531. The van der Waals surface area contributed by atoms with Crippen LogP contribution < -0.4 is 5.32 Å². The molecule has 0 spiro atoms. The van der Waals surface area contributed by atoms with Gasteiger partial charge in [0.1, 0.15) is 0 Å². The number of rotatable bonds is 7. The van der Waals surface area contributed by atoms with Crippen LogP contribution in [0.4, 0.5) is 4.79 Å². The topological polar surface area (TPSA) is 84.9 Å². The first-order valence-electron chi connectivity index (χ1n) is 10.8. The Bertz CT molecular complexity index is 878. The van der Waals surface area contributed by atoms with E-state index in [0.29, 0.717) is 19.4 Å². The summed E-state index contributed by atoms with van der Waals surface area (Å²) in [6.07, 6.45) is 0.420. The van der Waals surface area contributed by atoms with Gasteiger partial charge >= 0.3 is 6.09 Å². The lowest BCUT2D eigenvalue weighted by Crippen LogP contribution is -2.41. The zero-order chi connectivity index (χ0) is 22.8. The number of likely N-dealkylation sites (tertiary alicyclic amines) is 1. The molecular weight excluding hydrogens is 396 g/mol. The molecule has 2 saturated heterocycles. The summed E-state index contributed by atoms with van der Waals surface area (Å²) in [7, 11) is 0. The van der Waals surface area contributed by atoms with Gasteiger partial charge in [-0.2, -0.15) is 0 Å². The van der Waals surface area contributed by atoms with Gasteiger partial charge in [-0.15, -0.1) is 0 Å². The number of alkyl carbamates (subject to hydrolysis) is 1. The number of nitrogens with one attached hydrogen (secondary N) is 1. The van der Waals surface area contributed by atoms with Crippen LogP contribution in [0.3, 0.4) is 0 Å². The summed E-state index contributed by atoms with van der Waals surface area (Å²) >= 11 is 0. The maximum Gasteiger partial charge on any atom is 0.407 e. The van der Waals surface area contributed by atoms with Crippen LogP contribution in [0, 0.1) is 11.8 Å². The maximum atomic E-state index is 12.6. The molecule has 3 amide bonds. The number of amides is 3. The number of imide groups is 1. The summed E-state index contributed by atoms with van der Waals surface area (Å²) in [6, 6.07) is 7.85. The standard InChI is InChI=1S/C24H32N2O5/c1-15(2)17-8-6-9-18(13-17)24(4,5)25-23(29)30-11-7-10-26-21(27)19-12-16(3)31-14-20(19)22(26)28/h6,8-9,13,16,19-20H,1,7,10-12,14H2,2-5H3,(H,25,29). The van der Waals surface area contributed by atoms with E-state index in [0.717, 1.165) is 16.7 Å². The molecule has 1 aromatic carbocycles. The molecule has 3 atom stereocenters. The normalized spacial score (nSPS) is 23.5. The summed E-state index contributed by atoms with van der Waals surface area (Å²) in [5.74, 6) is -0.960. The van der Waals surface area contributed by atoms with Crippen molar-refractivity contribution in [2.45, 2.75) is 52.2 Å². The molecule has 0 aliphatic carbocycles. The van der Waals surface area contributed by atoms with Crippen LogP contribution in [-0.4, -0.2) is 48.7 Å². The molecule has 168 valence electrons. The van der Waals surface area contributed by atoms with Crippen molar-refractivity contribution < 1.29 is 23.9 Å². The predicted molar refractivity (Wildman–Crippen MR) is 117 cm³/mol. The fourth-order valence-corrected chi connectivity index (χ4v) is 4.14. The van der Waals surface area contributed by atoms with Gasteiger partial charge in [0.15, 0.2) is 0 Å². The molecule has 2 fully saturated rings. The van der Waals surface area contributed by atoms with E-state index < -0.39 is 11.6 Å². The zero-order valence-corrected chi connectivity index (χ0v) is 18.8. The average Bonchev–Trinajstić information content (AvgIpc) is 2.94. The third-order valence-corrected chi connectivity index (χ3v) is 6.05. The lowest BCUT2D eigenvalue weighted by molar-refractivity contribution is -0.140. The highest BCUT2D eigenvalue weighted by atomic mass is 16.5. The molecule has 7 nitrogen and oxygen atoms in total. The van der Waals surface area contributed by atoms with Gasteiger partial charge < -0.3 is 14.8 Å². The first kappa shape index (κ1) is 23.0. The maximum absolute atomic E-state index is 12.6. The number of hydrogen-bond donors (Lipinski definition) is 1. The summed E-state index contributed by atoms with van der Waals surface area (Å²) in [5, 5.41) is 2.88. The molecule has 31 heavy (non-hydrogen) atoms. The van der Waals surface area contributed by atoms with Gasteiger partial charge in [-0.3, -0.25) is 14.5 Å². The number of carbonyl (C=O) groups is 3. The first-order chi connectivity index (χ1) is 14.6. The SMILES string of the molecule is C=C(C)c1cccc(C(C)(C)NC(=O)OCCCN2C(=O)C3COC(C)CC3C2=O)c1. The minimum absolute atomic E-state index is 0.00979. The van der Waals surface area contributed by atoms with Crippen molar-refractivity contribution in [3.63, 3.8) is 0 Å². The van der Waals surface area contributed by atoms with Crippen molar-refractivity contribution in [1.29, 1.82) is 0 Å². The average molecular weight is 429 g/mol. The van der Waals surface area contributed by atoms with Crippen molar-refractivity contribution in [2.24, 2.45) is 11.8 Å². The van der Waals surface area contributed by atoms with Gasteiger partial charge in [-0.1, -0.05) is 30.4 Å². The van der Waals surface area contributed by atoms with Gasteiger partial charge in [0.25, 0.3) is 0 Å². The fraction of sp³-hybridized carbons (Fsp3) is 0.542. The Balaban J connectivity index is 1.47. The van der Waals surface area contributed by atoms with Gasteiger partial charge in [0.2, 0.25) is 11.8 Å². The zero-order valence-electron chi connectivity index (χ0n) is 18.8. The van der Waals surface area contributed by atoms with E-state index in [-0.39, 0.29) is 42.9 Å². The molecule has 0 aromatic heterocycles. The molecule has 2 heterocycles. The van der Waals surface area contributed by atoms with E-state index >= 15 is 0 Å². The second-order valence-electron chi connectivity index (χ2n) is 9.02. The molecular formula is C24H32N2O5. The molecule has 3 unspecified atom stereocenters. The molecule has 3 rings (SSSR count).